The number of ether oxygens (including phenoxy) is 3. The summed E-state index contributed by atoms with van der Waals surface area (Å²) in [5.74, 6) is 2.06. The molecule has 9 heteroatoms. The number of halogens is 1. The van der Waals surface area contributed by atoms with E-state index in [1.165, 1.54) is 0 Å². The third-order valence-corrected chi connectivity index (χ3v) is 6.29. The first-order valence-electron chi connectivity index (χ1n) is 11.1. The number of alkyl carbamates (subject to hydrolysis) is 1. The van der Waals surface area contributed by atoms with E-state index in [1.807, 2.05) is 45.0 Å². The Balaban J connectivity index is 1.54. The van der Waals surface area contributed by atoms with Gasteiger partial charge < -0.3 is 24.4 Å². The highest BCUT2D eigenvalue weighted by Crippen LogP contribution is 2.32. The number of amides is 1. The van der Waals surface area contributed by atoms with E-state index < -0.39 is 5.60 Å². The Labute approximate surface area is 209 Å². The van der Waals surface area contributed by atoms with Crippen molar-refractivity contribution in [1.29, 1.82) is 0 Å². The van der Waals surface area contributed by atoms with Gasteiger partial charge in [0, 0.05) is 25.8 Å². The molecule has 2 aromatic rings. The average Bonchev–Trinajstić information content (AvgIpc) is 2.77. The van der Waals surface area contributed by atoms with E-state index >= 15 is 0 Å². The Morgan fingerprint density at radius 2 is 1.88 bits per heavy atom. The van der Waals surface area contributed by atoms with Crippen molar-refractivity contribution in [3.8, 4) is 11.6 Å². The van der Waals surface area contributed by atoms with Gasteiger partial charge in [-0.2, -0.15) is 4.98 Å². The molecule has 0 bridgehead atoms. The van der Waals surface area contributed by atoms with E-state index in [-0.39, 0.29) is 11.5 Å². The number of hydrogen-bond donors (Lipinski definition) is 1. The van der Waals surface area contributed by atoms with Crippen LogP contribution in [0.4, 0.5) is 10.7 Å². The fourth-order valence-electron chi connectivity index (χ4n) is 3.49. The Kier molecular flexibility index (Phi) is 8.25. The van der Waals surface area contributed by atoms with Gasteiger partial charge in [-0.3, -0.25) is 0 Å². The second-order valence-electron chi connectivity index (χ2n) is 9.61. The van der Waals surface area contributed by atoms with Crippen LogP contribution in [0.1, 0.15) is 46.1 Å². The molecule has 1 aromatic heterocycles. The first-order valence-corrected chi connectivity index (χ1v) is 12.1. The fourth-order valence-corrected chi connectivity index (χ4v) is 3.91. The van der Waals surface area contributed by atoms with Crippen molar-refractivity contribution in [3.63, 3.8) is 0 Å². The maximum absolute atomic E-state index is 12.0. The van der Waals surface area contributed by atoms with Crippen LogP contribution in [0.15, 0.2) is 30.5 Å². The number of piperidine rings is 1. The first kappa shape index (κ1) is 25.3. The molecule has 2 heterocycles. The Morgan fingerprint density at radius 3 is 2.48 bits per heavy atom. The molecule has 3 rings (SSSR count). The van der Waals surface area contributed by atoms with Crippen LogP contribution in [0.25, 0.3) is 0 Å². The van der Waals surface area contributed by atoms with Crippen LogP contribution in [-0.4, -0.2) is 48.4 Å². The Morgan fingerprint density at radius 1 is 1.21 bits per heavy atom. The lowest BCUT2D eigenvalue weighted by molar-refractivity contribution is 0.0495. The molecular weight excluding hydrogens is 535 g/mol. The van der Waals surface area contributed by atoms with Crippen LogP contribution in [-0.2, 0) is 11.3 Å². The molecule has 0 aliphatic carbocycles. The van der Waals surface area contributed by atoms with E-state index in [1.54, 1.807) is 13.3 Å². The minimum atomic E-state index is -0.496. The summed E-state index contributed by atoms with van der Waals surface area (Å²) in [6.45, 7) is 10.4. The van der Waals surface area contributed by atoms with Gasteiger partial charge in [0.2, 0.25) is 11.8 Å². The van der Waals surface area contributed by atoms with Crippen molar-refractivity contribution < 1.29 is 19.0 Å². The lowest BCUT2D eigenvalue weighted by Crippen LogP contribution is -2.46. The number of nitrogens with zero attached hydrogens (tertiary/aromatic N) is 3. The summed E-state index contributed by atoms with van der Waals surface area (Å²) in [7, 11) is 1.65. The van der Waals surface area contributed by atoms with Gasteiger partial charge in [0.1, 0.15) is 18.0 Å². The number of nitrogens with one attached hydrogen (secondary N) is 1. The normalized spacial score (nSPS) is 15.6. The van der Waals surface area contributed by atoms with Crippen molar-refractivity contribution in [2.24, 2.45) is 5.41 Å². The van der Waals surface area contributed by atoms with Gasteiger partial charge in [-0.15, -0.1) is 0 Å². The van der Waals surface area contributed by atoms with E-state index in [2.05, 4.69) is 49.7 Å². The number of rotatable bonds is 7. The second kappa shape index (κ2) is 10.8. The fraction of sp³-hybridized carbons (Fsp3) is 0.542. The zero-order valence-corrected chi connectivity index (χ0v) is 22.1. The number of aromatic nitrogens is 2. The van der Waals surface area contributed by atoms with Gasteiger partial charge in [-0.1, -0.05) is 19.1 Å². The summed E-state index contributed by atoms with van der Waals surface area (Å²) in [5, 5.41) is 2.92. The summed E-state index contributed by atoms with van der Waals surface area (Å²) < 4.78 is 17.4. The van der Waals surface area contributed by atoms with Crippen LogP contribution in [0.3, 0.4) is 0 Å². The van der Waals surface area contributed by atoms with Crippen molar-refractivity contribution in [3.05, 3.63) is 39.6 Å². The molecule has 1 fully saturated rings. The van der Waals surface area contributed by atoms with Gasteiger partial charge in [-0.25, -0.2) is 9.78 Å². The minimum Gasteiger partial charge on any atom is -0.497 e. The molecule has 1 N–H and O–H groups in total. The molecule has 0 saturated carbocycles. The van der Waals surface area contributed by atoms with E-state index in [0.717, 1.165) is 40.8 Å². The predicted molar refractivity (Wildman–Crippen MR) is 136 cm³/mol. The maximum atomic E-state index is 12.0. The van der Waals surface area contributed by atoms with E-state index in [0.29, 0.717) is 25.0 Å². The quantitative estimate of drug-likeness (QED) is 0.481. The third kappa shape index (κ3) is 7.62. The second-order valence-corrected chi connectivity index (χ2v) is 10.8. The summed E-state index contributed by atoms with van der Waals surface area (Å²) >= 11 is 2.19. The number of carbonyl (C=O) groups excluding carboxylic acids is 1. The van der Waals surface area contributed by atoms with Crippen LogP contribution in [0.2, 0.25) is 0 Å². The molecule has 33 heavy (non-hydrogen) atoms. The molecule has 1 aromatic carbocycles. The van der Waals surface area contributed by atoms with Gasteiger partial charge in [0.25, 0.3) is 0 Å². The number of anilines is 1. The highest BCUT2D eigenvalue weighted by Gasteiger charge is 2.32. The maximum Gasteiger partial charge on any atom is 0.407 e. The average molecular weight is 568 g/mol. The minimum absolute atomic E-state index is 0.00427. The molecule has 1 saturated heterocycles. The van der Waals surface area contributed by atoms with Crippen LogP contribution >= 0.6 is 22.6 Å². The summed E-state index contributed by atoms with van der Waals surface area (Å²) in [6.07, 6.45) is 3.26. The molecule has 180 valence electrons. The molecule has 0 atom stereocenters. The number of benzene rings is 1. The zero-order chi connectivity index (χ0) is 24.1. The van der Waals surface area contributed by atoms with Gasteiger partial charge in [0.15, 0.2) is 0 Å². The van der Waals surface area contributed by atoms with Crippen molar-refractivity contribution in [2.45, 2.75) is 52.7 Å². The Bertz CT molecular complexity index is 938. The molecule has 1 aliphatic rings. The molecule has 8 nitrogen and oxygen atoms in total. The topological polar surface area (TPSA) is 85.8 Å². The highest BCUT2D eigenvalue weighted by atomic mass is 127. The van der Waals surface area contributed by atoms with Crippen molar-refractivity contribution >= 4 is 34.6 Å². The molecule has 1 amide bonds. The van der Waals surface area contributed by atoms with Crippen molar-refractivity contribution in [1.82, 2.24) is 15.3 Å². The smallest absolute Gasteiger partial charge is 0.407 e. The van der Waals surface area contributed by atoms with E-state index in [9.17, 15) is 4.79 Å². The molecule has 0 spiro atoms. The lowest BCUT2D eigenvalue weighted by Gasteiger charge is -2.39. The Hall–Kier alpha value is -2.30. The molecular formula is C24H33IN4O4. The number of methoxy groups -OCH3 is 1. The summed E-state index contributed by atoms with van der Waals surface area (Å²) in [5.41, 5.74) is 0.548. The van der Waals surface area contributed by atoms with Gasteiger partial charge in [0.05, 0.1) is 10.7 Å². The molecule has 1 aliphatic heterocycles. The monoisotopic (exact) mass is 568 g/mol. The summed E-state index contributed by atoms with van der Waals surface area (Å²) in [6, 6.07) is 7.78. The predicted octanol–water partition coefficient (Wildman–Crippen LogP) is 4.80. The largest absolute Gasteiger partial charge is 0.497 e. The van der Waals surface area contributed by atoms with Gasteiger partial charge >= 0.3 is 6.09 Å². The number of carbonyl (C=O) groups is 1. The third-order valence-electron chi connectivity index (χ3n) is 5.55. The summed E-state index contributed by atoms with van der Waals surface area (Å²) in [4.78, 5) is 23.4. The SMILES string of the molecule is COc1ccc(COc2nc(N3CCC(C)(CNC(=O)OC(C)(C)C)CC3)ncc2I)cc1. The lowest BCUT2D eigenvalue weighted by atomic mass is 9.80. The first-order chi connectivity index (χ1) is 15.6. The molecule has 0 radical (unpaired) electrons. The van der Waals surface area contributed by atoms with Gasteiger partial charge in [-0.05, 0) is 79.3 Å². The van der Waals surface area contributed by atoms with Crippen molar-refractivity contribution in [2.75, 3.05) is 31.6 Å². The van der Waals surface area contributed by atoms with E-state index in [4.69, 9.17) is 14.2 Å². The van der Waals surface area contributed by atoms with Crippen LogP contribution < -0.4 is 19.7 Å². The van der Waals surface area contributed by atoms with Crippen LogP contribution in [0.5, 0.6) is 11.6 Å². The standard InChI is InChI=1S/C24H33IN4O4/c1-23(2,3)33-22(30)27-16-24(4)10-12-29(13-11-24)21-26-14-19(25)20(28-21)32-15-17-6-8-18(31-5)9-7-17/h6-9,14H,10-13,15-16H2,1-5H3,(H,27,30). The number of hydrogen-bond acceptors (Lipinski definition) is 7. The van der Waals surface area contributed by atoms with Crippen LogP contribution in [0, 0.1) is 8.99 Å². The zero-order valence-electron chi connectivity index (χ0n) is 20.0. The highest BCUT2D eigenvalue weighted by molar-refractivity contribution is 14.1. The molecule has 0 unspecified atom stereocenters.